The maximum atomic E-state index is 10.7. The van der Waals surface area contributed by atoms with Crippen LogP contribution < -0.4 is 5.73 Å². The Bertz CT molecular complexity index is 336. The number of likely N-dealkylation sites (N-methyl/N-ethyl adjacent to an activating group) is 1. The van der Waals surface area contributed by atoms with Gasteiger partial charge in [-0.1, -0.05) is 29.8 Å². The molecular weight excluding hydrogens is 188 g/mol. The van der Waals surface area contributed by atoms with Crippen LogP contribution in [0.1, 0.15) is 11.1 Å². The van der Waals surface area contributed by atoms with Crippen LogP contribution in [-0.4, -0.2) is 30.9 Å². The number of hydrogen-bond donors (Lipinski definition) is 1. The minimum Gasteiger partial charge on any atom is -0.369 e. The van der Waals surface area contributed by atoms with Crippen LogP contribution in [0.25, 0.3) is 0 Å². The van der Waals surface area contributed by atoms with Gasteiger partial charge in [0.2, 0.25) is 5.91 Å². The number of carbonyl (C=O) groups is 1. The molecule has 82 valence electrons. The summed E-state index contributed by atoms with van der Waals surface area (Å²) in [5, 5.41) is 0. The van der Waals surface area contributed by atoms with Gasteiger partial charge in [-0.3, -0.25) is 9.69 Å². The minimum atomic E-state index is -0.276. The van der Waals surface area contributed by atoms with Crippen molar-refractivity contribution in [2.45, 2.75) is 13.3 Å². The molecule has 0 fully saturated rings. The Morgan fingerprint density at radius 3 is 2.80 bits per heavy atom. The summed E-state index contributed by atoms with van der Waals surface area (Å²) in [6.07, 6.45) is 0.950. The Morgan fingerprint density at radius 1 is 1.47 bits per heavy atom. The maximum Gasteiger partial charge on any atom is 0.231 e. The fraction of sp³-hybridized carbons (Fsp3) is 0.417. The molecule has 0 aliphatic heterocycles. The topological polar surface area (TPSA) is 46.3 Å². The van der Waals surface area contributed by atoms with E-state index in [4.69, 9.17) is 5.73 Å². The Balaban J connectivity index is 2.40. The Kier molecular flexibility index (Phi) is 4.31. The molecule has 0 aromatic heterocycles. The Morgan fingerprint density at radius 2 is 2.20 bits per heavy atom. The highest BCUT2D eigenvalue weighted by molar-refractivity contribution is 5.75. The zero-order valence-corrected chi connectivity index (χ0v) is 9.36. The molecule has 0 bridgehead atoms. The molecule has 1 rings (SSSR count). The SMILES string of the molecule is Cc1cccc(CCN(C)CC(N)=O)c1. The summed E-state index contributed by atoms with van der Waals surface area (Å²) >= 11 is 0. The van der Waals surface area contributed by atoms with E-state index in [1.807, 2.05) is 11.9 Å². The molecule has 15 heavy (non-hydrogen) atoms. The first kappa shape index (κ1) is 11.7. The van der Waals surface area contributed by atoms with Crippen LogP contribution in [0.15, 0.2) is 24.3 Å². The van der Waals surface area contributed by atoms with Crippen molar-refractivity contribution in [2.75, 3.05) is 20.1 Å². The zero-order valence-electron chi connectivity index (χ0n) is 9.36. The first-order valence-corrected chi connectivity index (χ1v) is 5.10. The summed E-state index contributed by atoms with van der Waals surface area (Å²) in [4.78, 5) is 12.6. The van der Waals surface area contributed by atoms with Crippen molar-refractivity contribution in [3.63, 3.8) is 0 Å². The molecule has 0 aliphatic rings. The average Bonchev–Trinajstić information content (AvgIpc) is 2.14. The lowest BCUT2D eigenvalue weighted by Crippen LogP contribution is -2.32. The van der Waals surface area contributed by atoms with Crippen LogP contribution in [-0.2, 0) is 11.2 Å². The number of aryl methyl sites for hydroxylation is 1. The number of nitrogens with two attached hydrogens (primary N) is 1. The van der Waals surface area contributed by atoms with Gasteiger partial charge < -0.3 is 5.73 Å². The number of carbonyl (C=O) groups excluding carboxylic acids is 1. The highest BCUT2D eigenvalue weighted by Gasteiger charge is 2.02. The van der Waals surface area contributed by atoms with E-state index in [9.17, 15) is 4.79 Å². The molecule has 0 aliphatic carbocycles. The van der Waals surface area contributed by atoms with Crippen LogP contribution in [0.2, 0.25) is 0 Å². The summed E-state index contributed by atoms with van der Waals surface area (Å²) in [5.74, 6) is -0.276. The Labute approximate surface area is 90.9 Å². The van der Waals surface area contributed by atoms with E-state index in [1.165, 1.54) is 11.1 Å². The predicted molar refractivity (Wildman–Crippen MR) is 61.6 cm³/mol. The number of benzene rings is 1. The van der Waals surface area contributed by atoms with Gasteiger partial charge in [-0.25, -0.2) is 0 Å². The van der Waals surface area contributed by atoms with Gasteiger partial charge in [0.15, 0.2) is 0 Å². The lowest BCUT2D eigenvalue weighted by molar-refractivity contribution is -0.118. The first-order valence-electron chi connectivity index (χ1n) is 5.10. The van der Waals surface area contributed by atoms with Crippen LogP contribution >= 0.6 is 0 Å². The van der Waals surface area contributed by atoms with Crippen LogP contribution in [0, 0.1) is 6.92 Å². The van der Waals surface area contributed by atoms with E-state index < -0.39 is 0 Å². The van der Waals surface area contributed by atoms with Crippen LogP contribution in [0.4, 0.5) is 0 Å². The maximum absolute atomic E-state index is 10.7. The van der Waals surface area contributed by atoms with E-state index in [1.54, 1.807) is 0 Å². The van der Waals surface area contributed by atoms with Crippen LogP contribution in [0.3, 0.4) is 0 Å². The fourth-order valence-corrected chi connectivity index (χ4v) is 1.53. The smallest absolute Gasteiger partial charge is 0.231 e. The third kappa shape index (κ3) is 4.61. The molecule has 3 nitrogen and oxygen atoms in total. The lowest BCUT2D eigenvalue weighted by atomic mass is 10.1. The highest BCUT2D eigenvalue weighted by Crippen LogP contribution is 2.04. The van der Waals surface area contributed by atoms with E-state index >= 15 is 0 Å². The van der Waals surface area contributed by atoms with Gasteiger partial charge in [-0.15, -0.1) is 0 Å². The third-order valence-corrected chi connectivity index (χ3v) is 2.29. The minimum absolute atomic E-state index is 0.276. The van der Waals surface area contributed by atoms with Gasteiger partial charge in [0, 0.05) is 6.54 Å². The predicted octanol–water partition coefficient (Wildman–Crippen LogP) is 0.955. The Hall–Kier alpha value is -1.35. The van der Waals surface area contributed by atoms with Gasteiger partial charge in [0.1, 0.15) is 0 Å². The second-order valence-corrected chi connectivity index (χ2v) is 3.94. The molecule has 0 atom stereocenters. The molecule has 0 unspecified atom stereocenters. The molecule has 0 radical (unpaired) electrons. The van der Waals surface area contributed by atoms with Crippen LogP contribution in [0.5, 0.6) is 0 Å². The lowest BCUT2D eigenvalue weighted by Gasteiger charge is -2.14. The summed E-state index contributed by atoms with van der Waals surface area (Å²) in [5.41, 5.74) is 7.67. The highest BCUT2D eigenvalue weighted by atomic mass is 16.1. The average molecular weight is 206 g/mol. The van der Waals surface area contributed by atoms with Gasteiger partial charge in [-0.05, 0) is 26.0 Å². The van der Waals surface area contributed by atoms with Crippen molar-refractivity contribution < 1.29 is 4.79 Å². The molecule has 0 spiro atoms. The standard InChI is InChI=1S/C12H18N2O/c1-10-4-3-5-11(8-10)6-7-14(2)9-12(13)15/h3-5,8H,6-7,9H2,1-2H3,(H2,13,15). The molecule has 0 heterocycles. The molecular formula is C12H18N2O. The van der Waals surface area contributed by atoms with Crippen molar-refractivity contribution >= 4 is 5.91 Å². The number of nitrogens with zero attached hydrogens (tertiary/aromatic N) is 1. The van der Waals surface area contributed by atoms with Gasteiger partial charge in [0.05, 0.1) is 6.54 Å². The number of hydrogen-bond acceptors (Lipinski definition) is 2. The van der Waals surface area contributed by atoms with Crippen molar-refractivity contribution in [3.05, 3.63) is 35.4 Å². The normalized spacial score (nSPS) is 10.6. The first-order chi connectivity index (χ1) is 7.08. The largest absolute Gasteiger partial charge is 0.369 e. The fourth-order valence-electron chi connectivity index (χ4n) is 1.53. The molecule has 0 saturated heterocycles. The summed E-state index contributed by atoms with van der Waals surface area (Å²) < 4.78 is 0. The van der Waals surface area contributed by atoms with E-state index in [2.05, 4.69) is 31.2 Å². The quantitative estimate of drug-likeness (QED) is 0.779. The molecule has 2 N–H and O–H groups in total. The van der Waals surface area contributed by atoms with Crippen molar-refractivity contribution in [1.29, 1.82) is 0 Å². The van der Waals surface area contributed by atoms with Gasteiger partial charge >= 0.3 is 0 Å². The number of amides is 1. The summed E-state index contributed by atoms with van der Waals surface area (Å²) in [6.45, 7) is 3.26. The van der Waals surface area contributed by atoms with Crippen molar-refractivity contribution in [1.82, 2.24) is 4.90 Å². The monoisotopic (exact) mass is 206 g/mol. The zero-order chi connectivity index (χ0) is 11.3. The second-order valence-electron chi connectivity index (χ2n) is 3.94. The van der Waals surface area contributed by atoms with Gasteiger partial charge in [-0.2, -0.15) is 0 Å². The second kappa shape index (κ2) is 5.51. The van der Waals surface area contributed by atoms with Gasteiger partial charge in [0.25, 0.3) is 0 Å². The van der Waals surface area contributed by atoms with Crippen molar-refractivity contribution in [3.8, 4) is 0 Å². The number of primary amides is 1. The number of rotatable bonds is 5. The molecule has 0 saturated carbocycles. The van der Waals surface area contributed by atoms with E-state index in [0.29, 0.717) is 6.54 Å². The molecule has 1 amide bonds. The third-order valence-electron chi connectivity index (χ3n) is 2.29. The summed E-state index contributed by atoms with van der Waals surface area (Å²) in [6, 6.07) is 8.40. The molecule has 3 heteroatoms. The van der Waals surface area contributed by atoms with E-state index in [-0.39, 0.29) is 5.91 Å². The molecule has 1 aromatic carbocycles. The van der Waals surface area contributed by atoms with E-state index in [0.717, 1.165) is 13.0 Å². The van der Waals surface area contributed by atoms with Crippen molar-refractivity contribution in [2.24, 2.45) is 5.73 Å². The summed E-state index contributed by atoms with van der Waals surface area (Å²) in [7, 11) is 1.90. The molecule has 1 aromatic rings.